The summed E-state index contributed by atoms with van der Waals surface area (Å²) in [6, 6.07) is 7.78. The van der Waals surface area contributed by atoms with Gasteiger partial charge in [-0.05, 0) is 49.2 Å². The topological polar surface area (TPSA) is 95.6 Å². The Hall–Kier alpha value is -2.30. The number of thioether (sulfide) groups is 1. The Morgan fingerprint density at radius 3 is 2.53 bits per heavy atom. The van der Waals surface area contributed by atoms with Gasteiger partial charge in [0.25, 0.3) is 10.0 Å². The van der Waals surface area contributed by atoms with Crippen molar-refractivity contribution in [1.29, 1.82) is 0 Å². The number of likely N-dealkylation sites (tertiary alicyclic amines) is 1. The maximum Gasteiger partial charge on any atom is 0.261 e. The Kier molecular flexibility index (Phi) is 6.64. The number of amides is 2. The van der Waals surface area contributed by atoms with Crippen LogP contribution in [0.15, 0.2) is 46.2 Å². The van der Waals surface area contributed by atoms with Gasteiger partial charge in [-0.15, -0.1) is 11.8 Å². The van der Waals surface area contributed by atoms with Gasteiger partial charge < -0.3 is 10.2 Å². The average molecular weight is 498 g/mol. The number of anilines is 2. The number of halogens is 2. The van der Waals surface area contributed by atoms with Gasteiger partial charge in [-0.2, -0.15) is 0 Å². The number of carbonyl (C=O) groups excluding carboxylic acids is 2. The zero-order valence-electron chi connectivity index (χ0n) is 16.9. The Bertz CT molecular complexity index is 1170. The van der Waals surface area contributed by atoms with E-state index in [2.05, 4.69) is 10.0 Å². The smallest absolute Gasteiger partial charge is 0.261 e. The van der Waals surface area contributed by atoms with Crippen molar-refractivity contribution < 1.29 is 22.4 Å². The van der Waals surface area contributed by atoms with E-state index < -0.39 is 27.0 Å². The molecule has 170 valence electrons. The van der Waals surface area contributed by atoms with E-state index in [-0.39, 0.29) is 21.5 Å². The number of benzene rings is 2. The number of carbonyl (C=O) groups is 2. The lowest BCUT2D eigenvalue weighted by Crippen LogP contribution is -2.45. The first-order valence-corrected chi connectivity index (χ1v) is 12.9. The number of rotatable bonds is 4. The third-order valence-corrected chi connectivity index (χ3v) is 8.25. The summed E-state index contributed by atoms with van der Waals surface area (Å²) in [7, 11) is -4.01. The summed E-state index contributed by atoms with van der Waals surface area (Å²) in [4.78, 5) is 27.8. The van der Waals surface area contributed by atoms with E-state index in [4.69, 9.17) is 11.6 Å². The van der Waals surface area contributed by atoms with Gasteiger partial charge in [-0.25, -0.2) is 12.8 Å². The minimum absolute atomic E-state index is 0.0881. The Balaban J connectivity index is 1.53. The average Bonchev–Trinajstić information content (AvgIpc) is 3.04. The lowest BCUT2D eigenvalue weighted by molar-refractivity contribution is -0.133. The fraction of sp³-hybridized carbons (Fsp3) is 0.333. The molecule has 7 nitrogen and oxygen atoms in total. The van der Waals surface area contributed by atoms with E-state index >= 15 is 0 Å². The van der Waals surface area contributed by atoms with Crippen molar-refractivity contribution in [1.82, 2.24) is 4.90 Å². The van der Waals surface area contributed by atoms with Gasteiger partial charge in [0.05, 0.1) is 21.3 Å². The molecule has 4 rings (SSSR count). The summed E-state index contributed by atoms with van der Waals surface area (Å²) in [6.45, 7) is 1.29. The van der Waals surface area contributed by atoms with Gasteiger partial charge >= 0.3 is 0 Å². The highest BCUT2D eigenvalue weighted by molar-refractivity contribution is 8.01. The van der Waals surface area contributed by atoms with E-state index in [1.165, 1.54) is 24.3 Å². The summed E-state index contributed by atoms with van der Waals surface area (Å²) >= 11 is 6.84. The summed E-state index contributed by atoms with van der Waals surface area (Å²) in [5.41, 5.74) is 0.426. The molecule has 32 heavy (non-hydrogen) atoms. The Morgan fingerprint density at radius 2 is 1.84 bits per heavy atom. The molecule has 1 saturated heterocycles. The molecule has 0 aromatic heterocycles. The molecule has 2 aromatic rings. The van der Waals surface area contributed by atoms with Crippen molar-refractivity contribution in [3.8, 4) is 0 Å². The minimum atomic E-state index is -4.01. The predicted molar refractivity (Wildman–Crippen MR) is 122 cm³/mol. The minimum Gasteiger partial charge on any atom is -0.341 e. The highest BCUT2D eigenvalue weighted by Gasteiger charge is 2.36. The second-order valence-corrected chi connectivity index (χ2v) is 10.9. The molecule has 0 spiro atoms. The van der Waals surface area contributed by atoms with Crippen LogP contribution in [-0.4, -0.2) is 43.5 Å². The molecule has 0 saturated carbocycles. The molecule has 1 atom stereocenters. The van der Waals surface area contributed by atoms with E-state index in [1.54, 1.807) is 11.0 Å². The molecular weight excluding hydrogens is 477 g/mol. The van der Waals surface area contributed by atoms with E-state index in [0.29, 0.717) is 23.7 Å². The van der Waals surface area contributed by atoms with Crippen LogP contribution >= 0.6 is 23.4 Å². The molecule has 11 heteroatoms. The molecule has 2 amide bonds. The fourth-order valence-corrected chi connectivity index (χ4v) is 5.96. The lowest BCUT2D eigenvalue weighted by atomic mass is 10.2. The molecule has 1 unspecified atom stereocenters. The largest absolute Gasteiger partial charge is 0.341 e. The van der Waals surface area contributed by atoms with Crippen LogP contribution < -0.4 is 10.0 Å². The second kappa shape index (κ2) is 9.29. The number of sulfonamides is 1. The second-order valence-electron chi connectivity index (χ2n) is 7.62. The number of hydrogen-bond acceptors (Lipinski definition) is 5. The Labute approximate surface area is 194 Å². The van der Waals surface area contributed by atoms with Crippen molar-refractivity contribution in [2.45, 2.75) is 40.7 Å². The van der Waals surface area contributed by atoms with Gasteiger partial charge in [0, 0.05) is 18.0 Å². The van der Waals surface area contributed by atoms with Crippen LogP contribution in [0.5, 0.6) is 0 Å². The van der Waals surface area contributed by atoms with Gasteiger partial charge in [-0.3, -0.25) is 14.3 Å². The van der Waals surface area contributed by atoms with Crippen LogP contribution in [0.25, 0.3) is 0 Å². The highest BCUT2D eigenvalue weighted by Crippen LogP contribution is 2.38. The zero-order chi connectivity index (χ0) is 22.9. The standard InChI is InChI=1S/C21H21ClFN3O4S2/c22-15-11-13(5-7-16(15)23)25-32(29,30)14-6-8-18-17(12-14)24-20(27)19(31-18)21(28)26-9-3-1-2-4-10-26/h5-8,11-12,19,25H,1-4,9-10H2,(H,24,27). The Morgan fingerprint density at radius 1 is 1.12 bits per heavy atom. The third-order valence-electron chi connectivity index (χ3n) is 5.32. The first-order valence-electron chi connectivity index (χ1n) is 10.1. The maximum atomic E-state index is 13.3. The van der Waals surface area contributed by atoms with Crippen LogP contribution in [-0.2, 0) is 19.6 Å². The third kappa shape index (κ3) is 4.87. The van der Waals surface area contributed by atoms with Crippen LogP contribution in [0.2, 0.25) is 5.02 Å². The predicted octanol–water partition coefficient (Wildman–Crippen LogP) is 4.10. The SMILES string of the molecule is O=C1Nc2cc(S(=O)(=O)Nc3ccc(F)c(Cl)c3)ccc2SC1C(=O)N1CCCCCC1. The van der Waals surface area contributed by atoms with Gasteiger partial charge in [0.15, 0.2) is 5.25 Å². The monoisotopic (exact) mass is 497 g/mol. The van der Waals surface area contributed by atoms with Gasteiger partial charge in [-0.1, -0.05) is 24.4 Å². The highest BCUT2D eigenvalue weighted by atomic mass is 35.5. The lowest BCUT2D eigenvalue weighted by Gasteiger charge is -2.28. The first-order chi connectivity index (χ1) is 15.2. The number of fused-ring (bicyclic) bond motifs is 1. The van der Waals surface area contributed by atoms with Crippen LogP contribution in [0.1, 0.15) is 25.7 Å². The van der Waals surface area contributed by atoms with Crippen LogP contribution in [0, 0.1) is 5.82 Å². The first kappa shape index (κ1) is 22.9. The van der Waals surface area contributed by atoms with Crippen LogP contribution in [0.4, 0.5) is 15.8 Å². The molecule has 0 aliphatic carbocycles. The van der Waals surface area contributed by atoms with E-state index in [0.717, 1.165) is 43.5 Å². The zero-order valence-corrected chi connectivity index (χ0v) is 19.3. The van der Waals surface area contributed by atoms with Crippen molar-refractivity contribution in [3.63, 3.8) is 0 Å². The van der Waals surface area contributed by atoms with Crippen LogP contribution in [0.3, 0.4) is 0 Å². The molecule has 1 fully saturated rings. The van der Waals surface area contributed by atoms with Gasteiger partial charge in [0.2, 0.25) is 11.8 Å². The molecular formula is C21H21ClFN3O4S2. The summed E-state index contributed by atoms with van der Waals surface area (Å²) < 4.78 is 41.2. The van der Waals surface area contributed by atoms with Gasteiger partial charge in [0.1, 0.15) is 5.82 Å². The molecule has 0 bridgehead atoms. The summed E-state index contributed by atoms with van der Waals surface area (Å²) in [6.07, 6.45) is 4.00. The normalized spacial score (nSPS) is 19.0. The number of nitrogens with one attached hydrogen (secondary N) is 2. The maximum absolute atomic E-state index is 13.3. The molecule has 2 N–H and O–H groups in total. The number of hydrogen-bond donors (Lipinski definition) is 2. The molecule has 2 aliphatic heterocycles. The van der Waals surface area contributed by atoms with Crippen molar-refractivity contribution in [2.24, 2.45) is 0 Å². The molecule has 0 radical (unpaired) electrons. The fourth-order valence-electron chi connectivity index (χ4n) is 3.65. The van der Waals surface area contributed by atoms with Crippen molar-refractivity contribution in [3.05, 3.63) is 47.2 Å². The summed E-state index contributed by atoms with van der Waals surface area (Å²) in [5, 5.41) is 1.56. The number of nitrogens with zero attached hydrogens (tertiary/aromatic N) is 1. The quantitative estimate of drug-likeness (QED) is 0.620. The molecule has 2 heterocycles. The van der Waals surface area contributed by atoms with E-state index in [1.807, 2.05) is 0 Å². The van der Waals surface area contributed by atoms with Crippen molar-refractivity contribution in [2.75, 3.05) is 23.1 Å². The van der Waals surface area contributed by atoms with Crippen molar-refractivity contribution >= 4 is 56.6 Å². The molecule has 2 aromatic carbocycles. The molecule has 2 aliphatic rings. The summed E-state index contributed by atoms with van der Waals surface area (Å²) in [5.74, 6) is -1.34. The van der Waals surface area contributed by atoms with E-state index in [9.17, 15) is 22.4 Å².